The lowest BCUT2D eigenvalue weighted by Gasteiger charge is -2.34. The van der Waals surface area contributed by atoms with Crippen LogP contribution in [0.2, 0.25) is 0 Å². The molecule has 10 heteroatoms. The lowest BCUT2D eigenvalue weighted by atomic mass is 9.89. The molecule has 1 fully saturated rings. The van der Waals surface area contributed by atoms with E-state index in [9.17, 15) is 8.78 Å². The van der Waals surface area contributed by atoms with Crippen LogP contribution in [-0.2, 0) is 11.3 Å². The molecule has 4 aromatic heterocycles. The van der Waals surface area contributed by atoms with Gasteiger partial charge in [0.05, 0.1) is 29.9 Å². The summed E-state index contributed by atoms with van der Waals surface area (Å²) < 4.78 is 34.5. The van der Waals surface area contributed by atoms with Crippen LogP contribution in [0, 0.1) is 6.92 Å². The number of nitrogens with zero attached hydrogens (tertiary/aromatic N) is 6. The van der Waals surface area contributed by atoms with E-state index in [4.69, 9.17) is 4.74 Å². The van der Waals surface area contributed by atoms with Gasteiger partial charge in [-0.1, -0.05) is 0 Å². The number of aromatic nitrogens is 6. The van der Waals surface area contributed by atoms with Crippen molar-refractivity contribution >= 4 is 22.6 Å². The summed E-state index contributed by atoms with van der Waals surface area (Å²) in [6, 6.07) is 4.07. The molecule has 0 aromatic carbocycles. The van der Waals surface area contributed by atoms with Crippen LogP contribution in [0.15, 0.2) is 30.7 Å². The van der Waals surface area contributed by atoms with Crippen molar-refractivity contribution in [2.75, 3.05) is 12.4 Å². The van der Waals surface area contributed by atoms with E-state index in [0.717, 1.165) is 29.5 Å². The molecule has 0 saturated heterocycles. The quantitative estimate of drug-likeness (QED) is 0.522. The fourth-order valence-corrected chi connectivity index (χ4v) is 3.90. The van der Waals surface area contributed by atoms with Crippen LogP contribution in [-0.4, -0.2) is 54.8 Å². The highest BCUT2D eigenvalue weighted by Gasteiger charge is 2.29. The van der Waals surface area contributed by atoms with Crippen molar-refractivity contribution in [3.63, 3.8) is 0 Å². The number of aryl methyl sites for hydroxylation is 1. The molecule has 0 bridgehead atoms. The third kappa shape index (κ3) is 3.26. The monoisotopic (exact) mass is 413 g/mol. The molecule has 1 saturated carbocycles. The Kier molecular flexibility index (Phi) is 4.58. The first-order valence-corrected chi connectivity index (χ1v) is 9.77. The minimum absolute atomic E-state index is 0.300. The van der Waals surface area contributed by atoms with Gasteiger partial charge >= 0.3 is 0 Å². The molecule has 4 aromatic rings. The first-order valence-electron chi connectivity index (χ1n) is 9.77. The second-order valence-corrected chi connectivity index (χ2v) is 7.54. The van der Waals surface area contributed by atoms with Gasteiger partial charge in [0, 0.05) is 36.7 Å². The Bertz CT molecular complexity index is 1210. The van der Waals surface area contributed by atoms with Gasteiger partial charge in [-0.05, 0) is 31.9 Å². The fourth-order valence-electron chi connectivity index (χ4n) is 3.90. The standard InChI is InChI=1S/C20H21F2N7O/c1-11-25-19-16(28(11)10-18(21)22)5-12(8-23-19)15-3-4-29-17(15)9-24-20(27-29)26-13-6-14(7-13)30-2/h3-5,8-9,13-14,18H,6-7,10H2,1-2H3,(H,26,27)/t13-,14-. The van der Waals surface area contributed by atoms with E-state index in [0.29, 0.717) is 35.1 Å². The van der Waals surface area contributed by atoms with E-state index in [1.54, 1.807) is 30.9 Å². The molecule has 0 atom stereocenters. The highest BCUT2D eigenvalue weighted by molar-refractivity contribution is 5.85. The molecule has 1 aliphatic carbocycles. The lowest BCUT2D eigenvalue weighted by molar-refractivity contribution is 0.0326. The number of alkyl halides is 2. The molecular weight excluding hydrogens is 392 g/mol. The summed E-state index contributed by atoms with van der Waals surface area (Å²) >= 11 is 0. The number of hydrogen-bond acceptors (Lipinski definition) is 6. The Hall–Kier alpha value is -3.14. The fraction of sp³-hybridized carbons (Fsp3) is 0.400. The molecule has 30 heavy (non-hydrogen) atoms. The van der Waals surface area contributed by atoms with Crippen molar-refractivity contribution in [3.05, 3.63) is 36.5 Å². The molecule has 156 valence electrons. The number of imidazole rings is 1. The summed E-state index contributed by atoms with van der Waals surface area (Å²) in [5, 5.41) is 7.85. The maximum Gasteiger partial charge on any atom is 0.256 e. The van der Waals surface area contributed by atoms with Crippen LogP contribution >= 0.6 is 0 Å². The van der Waals surface area contributed by atoms with Gasteiger partial charge in [-0.3, -0.25) is 0 Å². The molecule has 0 unspecified atom stereocenters. The van der Waals surface area contributed by atoms with Gasteiger partial charge in [0.25, 0.3) is 6.43 Å². The number of halogens is 2. The van der Waals surface area contributed by atoms with Crippen molar-refractivity contribution in [2.45, 2.75) is 44.9 Å². The molecule has 1 N–H and O–H groups in total. The number of ether oxygens (including phenoxy) is 1. The summed E-state index contributed by atoms with van der Waals surface area (Å²) in [6.45, 7) is 1.30. The molecular formula is C20H21F2N7O. The largest absolute Gasteiger partial charge is 0.381 e. The van der Waals surface area contributed by atoms with Gasteiger partial charge < -0.3 is 14.6 Å². The van der Waals surface area contributed by atoms with Gasteiger partial charge in [-0.15, -0.1) is 5.10 Å². The molecule has 8 nitrogen and oxygen atoms in total. The smallest absolute Gasteiger partial charge is 0.256 e. The van der Waals surface area contributed by atoms with E-state index in [2.05, 4.69) is 25.4 Å². The van der Waals surface area contributed by atoms with Crippen LogP contribution in [0.25, 0.3) is 27.8 Å². The van der Waals surface area contributed by atoms with Crippen molar-refractivity contribution < 1.29 is 13.5 Å². The highest BCUT2D eigenvalue weighted by Crippen LogP contribution is 2.29. The molecule has 5 rings (SSSR count). The summed E-state index contributed by atoms with van der Waals surface area (Å²) in [5.74, 6) is 1.07. The van der Waals surface area contributed by atoms with Gasteiger partial charge in [-0.25, -0.2) is 28.2 Å². The normalized spacial score (nSPS) is 19.0. The molecule has 0 spiro atoms. The van der Waals surface area contributed by atoms with E-state index >= 15 is 0 Å². The summed E-state index contributed by atoms with van der Waals surface area (Å²) in [6.07, 6.45) is 5.01. The highest BCUT2D eigenvalue weighted by atomic mass is 19.3. The minimum Gasteiger partial charge on any atom is -0.381 e. The first-order chi connectivity index (χ1) is 14.5. The molecule has 1 aliphatic rings. The van der Waals surface area contributed by atoms with Crippen molar-refractivity contribution in [1.82, 2.24) is 29.1 Å². The Morgan fingerprint density at radius 3 is 2.83 bits per heavy atom. The van der Waals surface area contributed by atoms with Crippen LogP contribution in [0.3, 0.4) is 0 Å². The minimum atomic E-state index is -2.46. The summed E-state index contributed by atoms with van der Waals surface area (Å²) in [5.41, 5.74) is 3.52. The SMILES string of the molecule is CO[C@H]1C[C@H](Nc2ncc3c(-c4cnc5nc(C)n(CC(F)F)c5c4)ccn3n2)C1. The van der Waals surface area contributed by atoms with Crippen molar-refractivity contribution in [3.8, 4) is 11.1 Å². The Labute approximate surface area is 170 Å². The van der Waals surface area contributed by atoms with Crippen molar-refractivity contribution in [1.29, 1.82) is 0 Å². The van der Waals surface area contributed by atoms with E-state index in [1.165, 1.54) is 4.57 Å². The molecule has 0 amide bonds. The zero-order chi connectivity index (χ0) is 20.8. The summed E-state index contributed by atoms with van der Waals surface area (Å²) in [7, 11) is 1.72. The Morgan fingerprint density at radius 1 is 1.23 bits per heavy atom. The van der Waals surface area contributed by atoms with Gasteiger partial charge in [0.2, 0.25) is 5.95 Å². The van der Waals surface area contributed by atoms with Gasteiger partial charge in [-0.2, -0.15) is 0 Å². The second kappa shape index (κ2) is 7.28. The Balaban J connectivity index is 1.46. The predicted octanol–water partition coefficient (Wildman–Crippen LogP) is 3.30. The van der Waals surface area contributed by atoms with Crippen LogP contribution in [0.5, 0.6) is 0 Å². The first kappa shape index (κ1) is 18.9. The topological polar surface area (TPSA) is 82.2 Å². The average molecular weight is 413 g/mol. The van der Waals surface area contributed by atoms with Crippen LogP contribution in [0.4, 0.5) is 14.7 Å². The zero-order valence-electron chi connectivity index (χ0n) is 16.6. The number of rotatable bonds is 6. The predicted molar refractivity (Wildman–Crippen MR) is 108 cm³/mol. The van der Waals surface area contributed by atoms with E-state index in [1.807, 2.05) is 18.3 Å². The van der Waals surface area contributed by atoms with Crippen LogP contribution in [0.1, 0.15) is 18.7 Å². The zero-order valence-corrected chi connectivity index (χ0v) is 16.6. The number of nitrogens with one attached hydrogen (secondary N) is 1. The van der Waals surface area contributed by atoms with Crippen LogP contribution < -0.4 is 5.32 Å². The second-order valence-electron chi connectivity index (χ2n) is 7.54. The van der Waals surface area contributed by atoms with Crippen molar-refractivity contribution in [2.24, 2.45) is 0 Å². The third-order valence-electron chi connectivity index (χ3n) is 5.61. The number of hydrogen-bond donors (Lipinski definition) is 1. The van der Waals surface area contributed by atoms with Gasteiger partial charge in [0.1, 0.15) is 5.82 Å². The molecule has 0 aliphatic heterocycles. The molecule has 0 radical (unpaired) electrons. The number of pyridine rings is 1. The number of fused-ring (bicyclic) bond motifs is 2. The summed E-state index contributed by atoms with van der Waals surface area (Å²) in [4.78, 5) is 13.1. The number of methoxy groups -OCH3 is 1. The average Bonchev–Trinajstić information content (AvgIpc) is 3.24. The van der Waals surface area contributed by atoms with E-state index < -0.39 is 13.0 Å². The lowest BCUT2D eigenvalue weighted by Crippen LogP contribution is -2.40. The van der Waals surface area contributed by atoms with E-state index in [-0.39, 0.29) is 0 Å². The maximum atomic E-state index is 13.0. The third-order valence-corrected chi connectivity index (χ3v) is 5.61. The Morgan fingerprint density at radius 2 is 2.07 bits per heavy atom. The van der Waals surface area contributed by atoms with Gasteiger partial charge in [0.15, 0.2) is 5.65 Å². The molecule has 4 heterocycles. The maximum absolute atomic E-state index is 13.0. The number of anilines is 1.